The summed E-state index contributed by atoms with van der Waals surface area (Å²) in [5.41, 5.74) is 0.00927. The van der Waals surface area contributed by atoms with Crippen LogP contribution in [0.3, 0.4) is 0 Å². The van der Waals surface area contributed by atoms with Gasteiger partial charge >= 0.3 is 19.9 Å². The number of halogens is 1. The second-order valence-corrected chi connectivity index (χ2v) is 9.07. The van der Waals surface area contributed by atoms with Gasteiger partial charge in [-0.2, -0.15) is 0 Å². The summed E-state index contributed by atoms with van der Waals surface area (Å²) in [6.45, 7) is 6.16. The van der Waals surface area contributed by atoms with Crippen LogP contribution < -0.4 is 0 Å². The average molecular weight is 495 g/mol. The first-order valence-electron chi connectivity index (χ1n) is 8.50. The Bertz CT molecular complexity index is 776. The third-order valence-corrected chi connectivity index (χ3v) is 5.43. The Morgan fingerprint density at radius 2 is 1.34 bits per heavy atom. The summed E-state index contributed by atoms with van der Waals surface area (Å²) < 4.78 is 33.8. The van der Waals surface area contributed by atoms with Crippen molar-refractivity contribution in [2.75, 3.05) is 14.2 Å². The molecule has 12 heteroatoms. The first-order chi connectivity index (χ1) is 13.5. The third kappa shape index (κ3) is 6.53. The number of imide groups is 1. The Morgan fingerprint density at radius 3 is 1.76 bits per heavy atom. The van der Waals surface area contributed by atoms with Crippen LogP contribution in [-0.4, -0.2) is 54.3 Å². The maximum absolute atomic E-state index is 13.1. The summed E-state index contributed by atoms with van der Waals surface area (Å²) in [6, 6.07) is 5.92. The molecule has 10 nitrogen and oxygen atoms in total. The lowest BCUT2D eigenvalue weighted by atomic mass is 10.2. The third-order valence-electron chi connectivity index (χ3n) is 3.18. The van der Waals surface area contributed by atoms with Crippen molar-refractivity contribution in [1.29, 1.82) is 0 Å². The molecule has 0 fully saturated rings. The molecule has 29 heavy (non-hydrogen) atoms. The lowest BCUT2D eigenvalue weighted by Gasteiger charge is -2.34. The van der Waals surface area contributed by atoms with E-state index in [-0.39, 0.29) is 15.4 Å². The SMILES string of the molecule is COP(=O)(OC)N(C(=O)OC(C)C)N(C(=O)OC(C)C)C(=O)c1ccc(Br)cc1. The van der Waals surface area contributed by atoms with Crippen molar-refractivity contribution in [1.82, 2.24) is 9.79 Å². The van der Waals surface area contributed by atoms with E-state index in [1.54, 1.807) is 26.0 Å². The molecule has 3 amide bonds. The molecule has 0 radical (unpaired) electrons. The van der Waals surface area contributed by atoms with Crippen molar-refractivity contribution in [3.8, 4) is 0 Å². The molecule has 1 rings (SSSR count). The number of ether oxygens (including phenoxy) is 2. The molecule has 0 aromatic heterocycles. The van der Waals surface area contributed by atoms with Crippen molar-refractivity contribution in [3.63, 3.8) is 0 Å². The van der Waals surface area contributed by atoms with E-state index in [1.807, 2.05) is 0 Å². The zero-order valence-electron chi connectivity index (χ0n) is 16.9. The molecule has 0 aliphatic rings. The van der Waals surface area contributed by atoms with E-state index in [9.17, 15) is 18.9 Å². The van der Waals surface area contributed by atoms with E-state index in [4.69, 9.17) is 18.5 Å². The fourth-order valence-corrected chi connectivity index (χ4v) is 3.33. The van der Waals surface area contributed by atoms with Crippen LogP contribution in [0.1, 0.15) is 38.1 Å². The van der Waals surface area contributed by atoms with Crippen LogP contribution in [0.2, 0.25) is 0 Å². The van der Waals surface area contributed by atoms with Crippen LogP contribution in [0.5, 0.6) is 0 Å². The monoisotopic (exact) mass is 494 g/mol. The first-order valence-corrected chi connectivity index (χ1v) is 10.8. The topological polar surface area (TPSA) is 112 Å². The lowest BCUT2D eigenvalue weighted by molar-refractivity contribution is -0.00528. The van der Waals surface area contributed by atoms with E-state index < -0.39 is 38.0 Å². The number of hydrogen-bond donors (Lipinski definition) is 0. The molecule has 0 N–H and O–H groups in total. The second kappa shape index (κ2) is 10.7. The van der Waals surface area contributed by atoms with E-state index >= 15 is 0 Å². The van der Waals surface area contributed by atoms with Crippen LogP contribution in [0, 0.1) is 0 Å². The molecule has 0 aliphatic heterocycles. The van der Waals surface area contributed by atoms with E-state index in [0.29, 0.717) is 4.47 Å². The van der Waals surface area contributed by atoms with E-state index in [2.05, 4.69) is 15.9 Å². The van der Waals surface area contributed by atoms with Gasteiger partial charge in [-0.3, -0.25) is 13.8 Å². The number of nitrogens with zero attached hydrogens (tertiary/aromatic N) is 2. The normalized spacial score (nSPS) is 11.3. The average Bonchev–Trinajstić information content (AvgIpc) is 2.64. The molecule has 0 heterocycles. The fraction of sp³-hybridized carbons (Fsp3) is 0.471. The highest BCUT2D eigenvalue weighted by molar-refractivity contribution is 9.10. The maximum Gasteiger partial charge on any atom is 0.459 e. The minimum atomic E-state index is -4.49. The van der Waals surface area contributed by atoms with Crippen molar-refractivity contribution in [3.05, 3.63) is 34.3 Å². The smallest absolute Gasteiger partial charge is 0.445 e. The lowest BCUT2D eigenvalue weighted by Crippen LogP contribution is -2.52. The summed E-state index contributed by atoms with van der Waals surface area (Å²) in [7, 11) is -2.50. The van der Waals surface area contributed by atoms with Gasteiger partial charge in [0, 0.05) is 24.3 Å². The fourth-order valence-electron chi connectivity index (χ4n) is 1.98. The van der Waals surface area contributed by atoms with Crippen LogP contribution in [-0.2, 0) is 23.1 Å². The zero-order valence-corrected chi connectivity index (χ0v) is 19.4. The van der Waals surface area contributed by atoms with Gasteiger partial charge < -0.3 is 9.47 Å². The number of rotatable bonds is 6. The number of hydrazine groups is 1. The van der Waals surface area contributed by atoms with Gasteiger partial charge in [0.25, 0.3) is 5.91 Å². The number of carbonyl (C=O) groups excluding carboxylic acids is 3. The predicted octanol–water partition coefficient (Wildman–Crippen LogP) is 4.60. The van der Waals surface area contributed by atoms with E-state index in [1.165, 1.54) is 26.0 Å². The van der Waals surface area contributed by atoms with Crippen LogP contribution in [0.4, 0.5) is 9.59 Å². The number of amides is 3. The molecular formula is C17H24BrN2O8P. The highest BCUT2D eigenvalue weighted by atomic mass is 79.9. The van der Waals surface area contributed by atoms with Crippen LogP contribution >= 0.6 is 23.7 Å². The van der Waals surface area contributed by atoms with Gasteiger partial charge in [-0.25, -0.2) is 14.2 Å². The Morgan fingerprint density at radius 1 is 0.897 bits per heavy atom. The standard InChI is InChI=1S/C17H24BrN2O8P/c1-11(2)27-16(22)19(15(21)13-7-9-14(18)10-8-13)20(17(23)28-12(3)4)29(24,25-5)26-6/h7-12H,1-6H3. The molecule has 1 aromatic carbocycles. The zero-order chi connectivity index (χ0) is 22.4. The van der Waals surface area contributed by atoms with Gasteiger partial charge in [-0.05, 0) is 52.0 Å². The van der Waals surface area contributed by atoms with Gasteiger partial charge in [0.15, 0.2) is 0 Å². The van der Waals surface area contributed by atoms with Gasteiger partial charge in [0.1, 0.15) is 0 Å². The molecule has 0 spiro atoms. The van der Waals surface area contributed by atoms with Gasteiger partial charge in [-0.1, -0.05) is 15.9 Å². The number of hydrogen-bond acceptors (Lipinski definition) is 8. The predicted molar refractivity (Wildman–Crippen MR) is 107 cm³/mol. The number of benzene rings is 1. The molecular weight excluding hydrogens is 471 g/mol. The molecule has 0 aliphatic carbocycles. The Labute approximate surface area is 177 Å². The Hall–Kier alpha value is -1.94. The summed E-state index contributed by atoms with van der Waals surface area (Å²) in [6.07, 6.45) is -3.85. The quantitative estimate of drug-likeness (QED) is 0.416. The van der Waals surface area contributed by atoms with Gasteiger partial charge in [0.05, 0.1) is 12.2 Å². The van der Waals surface area contributed by atoms with Crippen LogP contribution in [0.15, 0.2) is 28.7 Å². The van der Waals surface area contributed by atoms with Crippen molar-refractivity contribution in [2.45, 2.75) is 39.9 Å². The first kappa shape index (κ1) is 25.1. The molecule has 0 atom stereocenters. The minimum Gasteiger partial charge on any atom is -0.445 e. The summed E-state index contributed by atoms with van der Waals surface area (Å²) in [5.74, 6) is -1.00. The minimum absolute atomic E-state index is 0.00927. The summed E-state index contributed by atoms with van der Waals surface area (Å²) >= 11 is 3.24. The molecule has 0 bridgehead atoms. The highest BCUT2D eigenvalue weighted by Crippen LogP contribution is 2.52. The Kier molecular flexibility index (Phi) is 9.28. The van der Waals surface area contributed by atoms with Gasteiger partial charge in [0.2, 0.25) is 0 Å². The van der Waals surface area contributed by atoms with Crippen LogP contribution in [0.25, 0.3) is 0 Å². The molecule has 1 aromatic rings. The van der Waals surface area contributed by atoms with Crippen molar-refractivity contribution in [2.24, 2.45) is 0 Å². The van der Waals surface area contributed by atoms with Gasteiger partial charge in [-0.15, -0.1) is 9.79 Å². The van der Waals surface area contributed by atoms with Crippen molar-refractivity contribution >= 4 is 41.8 Å². The highest BCUT2D eigenvalue weighted by Gasteiger charge is 2.48. The van der Waals surface area contributed by atoms with E-state index in [0.717, 1.165) is 14.2 Å². The molecule has 0 saturated heterocycles. The van der Waals surface area contributed by atoms with Crippen molar-refractivity contribution < 1.29 is 37.5 Å². The number of carbonyl (C=O) groups is 3. The summed E-state index contributed by atoms with van der Waals surface area (Å²) in [5, 5.41) is 0.252. The summed E-state index contributed by atoms with van der Waals surface area (Å²) in [4.78, 5) is 38.6. The molecule has 162 valence electrons. The largest absolute Gasteiger partial charge is 0.459 e. The Balaban J connectivity index is 3.59. The second-order valence-electron chi connectivity index (χ2n) is 6.11. The maximum atomic E-state index is 13.1. The molecule has 0 unspecified atom stereocenters. The molecule has 0 saturated carbocycles.